The minimum atomic E-state index is -0.182. The van der Waals surface area contributed by atoms with Crippen LogP contribution in [0.5, 0.6) is 0 Å². The number of hydrogen-bond donors (Lipinski definition) is 1. The molecule has 1 heterocycles. The molecule has 0 aromatic heterocycles. The first-order chi connectivity index (χ1) is 7.09. The van der Waals surface area contributed by atoms with Gasteiger partial charge in [0.2, 0.25) is 0 Å². The highest BCUT2D eigenvalue weighted by Crippen LogP contribution is 2.32. The summed E-state index contributed by atoms with van der Waals surface area (Å²) in [5, 5.41) is 0. The van der Waals surface area contributed by atoms with Crippen LogP contribution in [0.25, 0.3) is 0 Å². The van der Waals surface area contributed by atoms with Gasteiger partial charge in [0, 0.05) is 22.6 Å². The van der Waals surface area contributed by atoms with Crippen molar-refractivity contribution in [1.82, 2.24) is 4.90 Å². The lowest BCUT2D eigenvalue weighted by atomic mass is 10.0. The number of likely N-dealkylation sites (tertiary alicyclic amines) is 1. The van der Waals surface area contributed by atoms with E-state index in [4.69, 9.17) is 5.73 Å². The number of rotatable bonds is 1. The smallest absolute Gasteiger partial charge is 0.129 e. The fraction of sp³-hybridized carbons (Fsp3) is 0.455. The van der Waals surface area contributed by atoms with Gasteiger partial charge in [0.15, 0.2) is 0 Å². The summed E-state index contributed by atoms with van der Waals surface area (Å²) in [7, 11) is 1.99. The molecule has 2 atom stereocenters. The van der Waals surface area contributed by atoms with E-state index >= 15 is 0 Å². The Hall–Kier alpha value is -0.450. The van der Waals surface area contributed by atoms with E-state index in [0.29, 0.717) is 5.56 Å². The zero-order valence-electron chi connectivity index (χ0n) is 8.58. The number of nitrogens with zero attached hydrogens (tertiary/aromatic N) is 1. The molecule has 82 valence electrons. The number of likely N-dealkylation sites (N-methyl/N-ethyl adjacent to an activating group) is 1. The zero-order chi connectivity index (χ0) is 11.0. The molecule has 1 saturated heterocycles. The predicted octanol–water partition coefficient (Wildman–Crippen LogP) is 2.29. The number of hydrogen-bond acceptors (Lipinski definition) is 2. The van der Waals surface area contributed by atoms with Crippen molar-refractivity contribution in [2.24, 2.45) is 5.73 Å². The number of halogens is 2. The SMILES string of the molecule is CN1CCC(N)C1c1ccc(Br)cc1F. The number of nitrogens with two attached hydrogens (primary N) is 1. The van der Waals surface area contributed by atoms with E-state index in [1.54, 1.807) is 0 Å². The summed E-state index contributed by atoms with van der Waals surface area (Å²) < 4.78 is 14.5. The van der Waals surface area contributed by atoms with E-state index < -0.39 is 0 Å². The van der Waals surface area contributed by atoms with Crippen LogP contribution in [-0.2, 0) is 0 Å². The van der Waals surface area contributed by atoms with Gasteiger partial charge in [-0.2, -0.15) is 0 Å². The highest BCUT2D eigenvalue weighted by molar-refractivity contribution is 9.10. The Kier molecular flexibility index (Phi) is 3.09. The second-order valence-corrected chi connectivity index (χ2v) is 4.96. The maximum absolute atomic E-state index is 13.7. The minimum absolute atomic E-state index is 0.0121. The predicted molar refractivity (Wildman–Crippen MR) is 62.1 cm³/mol. The normalized spacial score (nSPS) is 27.2. The summed E-state index contributed by atoms with van der Waals surface area (Å²) in [5.41, 5.74) is 6.69. The zero-order valence-corrected chi connectivity index (χ0v) is 10.2. The van der Waals surface area contributed by atoms with Crippen LogP contribution < -0.4 is 5.73 Å². The largest absolute Gasteiger partial charge is 0.326 e. The Morgan fingerprint density at radius 1 is 1.53 bits per heavy atom. The van der Waals surface area contributed by atoms with Gasteiger partial charge in [-0.25, -0.2) is 4.39 Å². The Balaban J connectivity index is 2.36. The van der Waals surface area contributed by atoms with Gasteiger partial charge in [-0.1, -0.05) is 22.0 Å². The fourth-order valence-electron chi connectivity index (χ4n) is 2.19. The molecule has 4 heteroatoms. The van der Waals surface area contributed by atoms with Crippen molar-refractivity contribution in [3.63, 3.8) is 0 Å². The third-order valence-electron chi connectivity index (χ3n) is 2.98. The minimum Gasteiger partial charge on any atom is -0.326 e. The van der Waals surface area contributed by atoms with Crippen molar-refractivity contribution in [2.45, 2.75) is 18.5 Å². The van der Waals surface area contributed by atoms with E-state index in [1.807, 2.05) is 19.2 Å². The molecule has 2 nitrogen and oxygen atoms in total. The third-order valence-corrected chi connectivity index (χ3v) is 3.47. The molecule has 0 aliphatic carbocycles. The summed E-state index contributed by atoms with van der Waals surface area (Å²) in [6, 6.07) is 5.21. The average molecular weight is 273 g/mol. The topological polar surface area (TPSA) is 29.3 Å². The molecule has 2 unspecified atom stereocenters. The molecule has 15 heavy (non-hydrogen) atoms. The molecule has 1 aliphatic heterocycles. The van der Waals surface area contributed by atoms with Crippen molar-refractivity contribution in [1.29, 1.82) is 0 Å². The van der Waals surface area contributed by atoms with Crippen molar-refractivity contribution < 1.29 is 4.39 Å². The highest BCUT2D eigenvalue weighted by atomic mass is 79.9. The molecule has 1 fully saturated rings. The van der Waals surface area contributed by atoms with Gasteiger partial charge in [0.25, 0.3) is 0 Å². The van der Waals surface area contributed by atoms with Gasteiger partial charge in [0.1, 0.15) is 5.82 Å². The molecule has 0 spiro atoms. The van der Waals surface area contributed by atoms with Gasteiger partial charge in [-0.15, -0.1) is 0 Å². The summed E-state index contributed by atoms with van der Waals surface area (Å²) in [5.74, 6) is -0.182. The van der Waals surface area contributed by atoms with Gasteiger partial charge in [-0.05, 0) is 25.6 Å². The molecule has 0 saturated carbocycles. The maximum atomic E-state index is 13.7. The first-order valence-electron chi connectivity index (χ1n) is 5.00. The van der Waals surface area contributed by atoms with Gasteiger partial charge in [0.05, 0.1) is 6.04 Å². The van der Waals surface area contributed by atoms with Crippen LogP contribution >= 0.6 is 15.9 Å². The molecule has 0 amide bonds. The Morgan fingerprint density at radius 3 is 2.80 bits per heavy atom. The second-order valence-electron chi connectivity index (χ2n) is 4.04. The van der Waals surface area contributed by atoms with Crippen molar-refractivity contribution in [2.75, 3.05) is 13.6 Å². The van der Waals surface area contributed by atoms with E-state index in [-0.39, 0.29) is 17.9 Å². The average Bonchev–Trinajstić information content (AvgIpc) is 2.48. The van der Waals surface area contributed by atoms with Gasteiger partial charge >= 0.3 is 0 Å². The summed E-state index contributed by atoms with van der Waals surface area (Å²) in [6.45, 7) is 0.932. The van der Waals surface area contributed by atoms with Crippen molar-refractivity contribution >= 4 is 15.9 Å². The summed E-state index contributed by atoms with van der Waals surface area (Å²) in [6.07, 6.45) is 0.927. The summed E-state index contributed by atoms with van der Waals surface area (Å²) >= 11 is 3.25. The molecule has 1 aliphatic rings. The van der Waals surface area contributed by atoms with Gasteiger partial charge < -0.3 is 5.73 Å². The fourth-order valence-corrected chi connectivity index (χ4v) is 2.52. The van der Waals surface area contributed by atoms with E-state index in [9.17, 15) is 4.39 Å². The summed E-state index contributed by atoms with van der Waals surface area (Å²) in [4.78, 5) is 2.11. The first-order valence-corrected chi connectivity index (χ1v) is 5.79. The Labute approximate surface area is 97.4 Å². The number of benzene rings is 1. The maximum Gasteiger partial charge on any atom is 0.129 e. The van der Waals surface area contributed by atoms with Crippen molar-refractivity contribution in [3.05, 3.63) is 34.1 Å². The van der Waals surface area contributed by atoms with E-state index in [2.05, 4.69) is 20.8 Å². The van der Waals surface area contributed by atoms with Crippen LogP contribution in [-0.4, -0.2) is 24.5 Å². The van der Waals surface area contributed by atoms with Crippen LogP contribution in [0, 0.1) is 5.82 Å². The molecule has 2 rings (SSSR count). The Bertz CT molecular complexity index is 360. The monoisotopic (exact) mass is 272 g/mol. The second kappa shape index (κ2) is 4.20. The lowest BCUT2D eigenvalue weighted by molar-refractivity contribution is 0.296. The highest BCUT2D eigenvalue weighted by Gasteiger charge is 2.31. The van der Waals surface area contributed by atoms with Crippen molar-refractivity contribution in [3.8, 4) is 0 Å². The third kappa shape index (κ3) is 2.07. The molecule has 2 N–H and O–H groups in total. The molecule has 0 bridgehead atoms. The molecular formula is C11H14BrFN2. The van der Waals surface area contributed by atoms with Crippen LogP contribution in [0.3, 0.4) is 0 Å². The lowest BCUT2D eigenvalue weighted by Crippen LogP contribution is -2.30. The van der Waals surface area contributed by atoms with E-state index in [0.717, 1.165) is 17.4 Å². The molecular weight excluding hydrogens is 259 g/mol. The van der Waals surface area contributed by atoms with Crippen LogP contribution in [0.15, 0.2) is 22.7 Å². The quantitative estimate of drug-likeness (QED) is 0.850. The molecule has 1 aromatic rings. The van der Waals surface area contributed by atoms with Crippen LogP contribution in [0.1, 0.15) is 18.0 Å². The lowest BCUT2D eigenvalue weighted by Gasteiger charge is -2.23. The van der Waals surface area contributed by atoms with Crippen LogP contribution in [0.2, 0.25) is 0 Å². The van der Waals surface area contributed by atoms with E-state index in [1.165, 1.54) is 6.07 Å². The van der Waals surface area contributed by atoms with Crippen LogP contribution in [0.4, 0.5) is 4.39 Å². The van der Waals surface area contributed by atoms with Gasteiger partial charge in [-0.3, -0.25) is 4.90 Å². The molecule has 1 aromatic carbocycles. The standard InChI is InChI=1S/C11H14BrFN2/c1-15-5-4-10(14)11(15)8-3-2-7(12)6-9(8)13/h2-3,6,10-11H,4-5,14H2,1H3. The first kappa shape index (κ1) is 11.0. The molecule has 0 radical (unpaired) electrons. The Morgan fingerprint density at radius 2 is 2.27 bits per heavy atom.